The van der Waals surface area contributed by atoms with E-state index in [1.54, 1.807) is 23.6 Å². The van der Waals surface area contributed by atoms with Crippen LogP contribution in [0.2, 0.25) is 0 Å². The van der Waals surface area contributed by atoms with Gasteiger partial charge in [0.05, 0.1) is 10.6 Å². The van der Waals surface area contributed by atoms with E-state index in [-0.39, 0.29) is 5.78 Å². The predicted octanol–water partition coefficient (Wildman–Crippen LogP) is 2.92. The van der Waals surface area contributed by atoms with Crippen molar-refractivity contribution in [2.24, 2.45) is 0 Å². The molecular formula is C11H11NOS. The van der Waals surface area contributed by atoms with Gasteiger partial charge in [0.2, 0.25) is 5.78 Å². The molecule has 0 bridgehead atoms. The molecule has 0 saturated carbocycles. The lowest BCUT2D eigenvalue weighted by Gasteiger charge is -1.91. The van der Waals surface area contributed by atoms with E-state index in [1.165, 1.54) is 10.4 Å². The summed E-state index contributed by atoms with van der Waals surface area (Å²) in [4.78, 5) is 16.8. The Hall–Kier alpha value is -1.35. The topological polar surface area (TPSA) is 32.9 Å². The summed E-state index contributed by atoms with van der Waals surface area (Å²) in [5, 5.41) is 0. The van der Waals surface area contributed by atoms with E-state index in [4.69, 9.17) is 0 Å². The largest absolute Gasteiger partial charge is 0.358 e. The number of aromatic amines is 1. The van der Waals surface area contributed by atoms with Crippen LogP contribution in [0, 0.1) is 13.8 Å². The van der Waals surface area contributed by atoms with E-state index in [0.717, 1.165) is 4.88 Å². The Labute approximate surface area is 86.6 Å². The van der Waals surface area contributed by atoms with Crippen LogP contribution >= 0.6 is 11.3 Å². The van der Waals surface area contributed by atoms with Crippen LogP contribution in [0.3, 0.4) is 0 Å². The van der Waals surface area contributed by atoms with Gasteiger partial charge in [-0.15, -0.1) is 11.3 Å². The van der Waals surface area contributed by atoms with Crippen LogP contribution in [-0.2, 0) is 0 Å². The van der Waals surface area contributed by atoms with E-state index in [0.29, 0.717) is 5.69 Å². The van der Waals surface area contributed by atoms with E-state index in [2.05, 4.69) is 4.98 Å². The van der Waals surface area contributed by atoms with Crippen molar-refractivity contribution in [2.75, 3.05) is 0 Å². The molecule has 1 N–H and O–H groups in total. The standard InChI is InChI=1S/C11H11NOS/c1-7-6-10(14-8(7)2)11(13)9-4-3-5-12-9/h3-6,12H,1-2H3. The van der Waals surface area contributed by atoms with Crippen molar-refractivity contribution in [3.8, 4) is 0 Å². The van der Waals surface area contributed by atoms with Crippen LogP contribution in [0.15, 0.2) is 24.4 Å². The van der Waals surface area contributed by atoms with Crippen LogP contribution in [0.1, 0.15) is 25.8 Å². The maximum absolute atomic E-state index is 11.9. The molecule has 72 valence electrons. The molecule has 0 aliphatic rings. The molecule has 14 heavy (non-hydrogen) atoms. The highest BCUT2D eigenvalue weighted by Crippen LogP contribution is 2.22. The van der Waals surface area contributed by atoms with Crippen LogP contribution in [0.4, 0.5) is 0 Å². The Morgan fingerprint density at radius 2 is 2.21 bits per heavy atom. The van der Waals surface area contributed by atoms with Gasteiger partial charge in [0, 0.05) is 11.1 Å². The lowest BCUT2D eigenvalue weighted by Crippen LogP contribution is -1.97. The third-order valence-corrected chi connectivity index (χ3v) is 3.38. The van der Waals surface area contributed by atoms with Gasteiger partial charge in [-0.1, -0.05) is 0 Å². The normalized spacial score (nSPS) is 10.4. The maximum atomic E-state index is 11.9. The number of nitrogens with one attached hydrogen (secondary N) is 1. The van der Waals surface area contributed by atoms with Crippen molar-refractivity contribution in [2.45, 2.75) is 13.8 Å². The molecule has 0 unspecified atom stereocenters. The first kappa shape index (κ1) is 9.21. The Bertz CT molecular complexity index is 434. The zero-order valence-corrected chi connectivity index (χ0v) is 8.94. The molecule has 0 aromatic carbocycles. The Kier molecular flexibility index (Phi) is 2.25. The first-order valence-electron chi connectivity index (χ1n) is 4.43. The van der Waals surface area contributed by atoms with Crippen molar-refractivity contribution in [1.29, 1.82) is 0 Å². The van der Waals surface area contributed by atoms with Crippen molar-refractivity contribution in [1.82, 2.24) is 4.98 Å². The van der Waals surface area contributed by atoms with Gasteiger partial charge in [0.25, 0.3) is 0 Å². The van der Waals surface area contributed by atoms with Gasteiger partial charge < -0.3 is 4.98 Å². The summed E-state index contributed by atoms with van der Waals surface area (Å²) in [6.07, 6.45) is 1.76. The summed E-state index contributed by atoms with van der Waals surface area (Å²) in [5.74, 6) is 0.0798. The van der Waals surface area contributed by atoms with Crippen molar-refractivity contribution >= 4 is 17.1 Å². The third-order valence-electron chi connectivity index (χ3n) is 2.23. The molecule has 0 aliphatic carbocycles. The number of ketones is 1. The second-order valence-electron chi connectivity index (χ2n) is 3.26. The second-order valence-corrected chi connectivity index (χ2v) is 4.52. The van der Waals surface area contributed by atoms with Gasteiger partial charge in [0.15, 0.2) is 0 Å². The molecule has 0 atom stereocenters. The lowest BCUT2D eigenvalue weighted by molar-refractivity contribution is 0.103. The van der Waals surface area contributed by atoms with Gasteiger partial charge in [-0.2, -0.15) is 0 Å². The molecule has 3 heteroatoms. The summed E-state index contributed by atoms with van der Waals surface area (Å²) in [6, 6.07) is 5.58. The third kappa shape index (κ3) is 1.51. The highest BCUT2D eigenvalue weighted by atomic mass is 32.1. The molecule has 0 saturated heterocycles. The monoisotopic (exact) mass is 205 g/mol. The quantitative estimate of drug-likeness (QED) is 0.751. The Morgan fingerprint density at radius 1 is 1.43 bits per heavy atom. The summed E-state index contributed by atoms with van der Waals surface area (Å²) < 4.78 is 0. The molecule has 2 rings (SSSR count). The molecule has 0 radical (unpaired) electrons. The Balaban J connectivity index is 2.37. The van der Waals surface area contributed by atoms with Crippen molar-refractivity contribution in [3.05, 3.63) is 45.4 Å². The highest BCUT2D eigenvalue weighted by Gasteiger charge is 2.12. The fourth-order valence-electron chi connectivity index (χ4n) is 1.29. The zero-order valence-electron chi connectivity index (χ0n) is 8.13. The van der Waals surface area contributed by atoms with Gasteiger partial charge in [-0.3, -0.25) is 4.79 Å². The number of H-pyrrole nitrogens is 1. The molecule has 0 amide bonds. The van der Waals surface area contributed by atoms with Crippen LogP contribution in [0.5, 0.6) is 0 Å². The number of aryl methyl sites for hydroxylation is 2. The smallest absolute Gasteiger partial charge is 0.219 e. The lowest BCUT2D eigenvalue weighted by atomic mass is 10.2. The summed E-state index contributed by atoms with van der Waals surface area (Å²) in [6.45, 7) is 4.06. The van der Waals surface area contributed by atoms with Gasteiger partial charge in [-0.05, 0) is 37.6 Å². The number of hydrogen-bond donors (Lipinski definition) is 1. The molecule has 2 aromatic heterocycles. The van der Waals surface area contributed by atoms with Gasteiger partial charge in [0.1, 0.15) is 0 Å². The number of carbonyl (C=O) groups is 1. The molecule has 2 aromatic rings. The number of rotatable bonds is 2. The molecule has 0 spiro atoms. The fourth-order valence-corrected chi connectivity index (χ4v) is 2.28. The molecule has 2 heterocycles. The van der Waals surface area contributed by atoms with Gasteiger partial charge >= 0.3 is 0 Å². The first-order chi connectivity index (χ1) is 6.68. The van der Waals surface area contributed by atoms with Crippen LogP contribution < -0.4 is 0 Å². The van der Waals surface area contributed by atoms with Crippen molar-refractivity contribution < 1.29 is 4.79 Å². The van der Waals surface area contributed by atoms with E-state index < -0.39 is 0 Å². The predicted molar refractivity (Wildman–Crippen MR) is 58.0 cm³/mol. The minimum Gasteiger partial charge on any atom is -0.358 e. The second kappa shape index (κ2) is 3.42. The first-order valence-corrected chi connectivity index (χ1v) is 5.25. The number of thiophene rings is 1. The number of aromatic nitrogens is 1. The average Bonchev–Trinajstić information content (AvgIpc) is 2.76. The average molecular weight is 205 g/mol. The molecule has 0 fully saturated rings. The summed E-state index contributed by atoms with van der Waals surface area (Å²) in [5.41, 5.74) is 1.84. The molecule has 2 nitrogen and oxygen atoms in total. The summed E-state index contributed by atoms with van der Waals surface area (Å²) >= 11 is 1.55. The van der Waals surface area contributed by atoms with Crippen molar-refractivity contribution in [3.63, 3.8) is 0 Å². The van der Waals surface area contributed by atoms with Crippen LogP contribution in [-0.4, -0.2) is 10.8 Å². The highest BCUT2D eigenvalue weighted by molar-refractivity contribution is 7.14. The minimum atomic E-state index is 0.0798. The SMILES string of the molecule is Cc1cc(C(=O)c2ccc[nH]2)sc1C. The van der Waals surface area contributed by atoms with E-state index in [9.17, 15) is 4.79 Å². The molecular weight excluding hydrogens is 194 g/mol. The van der Waals surface area contributed by atoms with Crippen LogP contribution in [0.25, 0.3) is 0 Å². The number of carbonyl (C=O) groups excluding carboxylic acids is 1. The zero-order chi connectivity index (χ0) is 10.1. The van der Waals surface area contributed by atoms with Gasteiger partial charge in [-0.25, -0.2) is 0 Å². The maximum Gasteiger partial charge on any atom is 0.219 e. The molecule has 0 aliphatic heterocycles. The summed E-state index contributed by atoms with van der Waals surface area (Å²) in [7, 11) is 0. The van der Waals surface area contributed by atoms with E-state index >= 15 is 0 Å². The Morgan fingerprint density at radius 3 is 2.71 bits per heavy atom. The van der Waals surface area contributed by atoms with E-state index in [1.807, 2.05) is 26.0 Å². The number of hydrogen-bond acceptors (Lipinski definition) is 2. The fraction of sp³-hybridized carbons (Fsp3) is 0.182. The minimum absolute atomic E-state index is 0.0798.